The third-order valence-corrected chi connectivity index (χ3v) is 7.42. The highest BCUT2D eigenvalue weighted by Crippen LogP contribution is 2.45. The molecule has 4 heteroatoms. The zero-order valence-corrected chi connectivity index (χ0v) is 19.4. The van der Waals surface area contributed by atoms with Crippen LogP contribution in [0.4, 0.5) is 0 Å². The molecule has 1 aliphatic rings. The number of nitriles is 1. The van der Waals surface area contributed by atoms with Crippen LogP contribution in [0, 0.1) is 17.2 Å². The molecule has 1 atom stereocenters. The summed E-state index contributed by atoms with van der Waals surface area (Å²) >= 11 is 12.5. The summed E-state index contributed by atoms with van der Waals surface area (Å²) in [5.41, 5.74) is 1.89. The van der Waals surface area contributed by atoms with E-state index in [-0.39, 0.29) is 0 Å². The van der Waals surface area contributed by atoms with Gasteiger partial charge in [0, 0.05) is 6.54 Å². The SMILES string of the molecule is CCN(CCCC(C#N)(c1ccc(Cl)c(Cl)c1)C1CCCCC1)Cc1ccccc1. The Hall–Kier alpha value is -1.53. The van der Waals surface area contributed by atoms with Crippen LogP contribution in [0.15, 0.2) is 48.5 Å². The van der Waals surface area contributed by atoms with E-state index < -0.39 is 5.41 Å². The highest BCUT2D eigenvalue weighted by atomic mass is 35.5. The predicted octanol–water partition coefficient (Wildman–Crippen LogP) is 7.64. The molecule has 1 fully saturated rings. The van der Waals surface area contributed by atoms with Crippen molar-refractivity contribution in [2.75, 3.05) is 13.1 Å². The first-order valence-electron chi connectivity index (χ1n) is 11.2. The summed E-state index contributed by atoms with van der Waals surface area (Å²) in [5.74, 6) is 0.387. The Bertz CT molecular complexity index is 840. The van der Waals surface area contributed by atoms with E-state index in [0.29, 0.717) is 16.0 Å². The summed E-state index contributed by atoms with van der Waals surface area (Å²) in [6.45, 7) is 5.15. The lowest BCUT2D eigenvalue weighted by Gasteiger charge is -2.38. The van der Waals surface area contributed by atoms with Gasteiger partial charge in [-0.1, -0.05) is 85.8 Å². The molecule has 3 rings (SSSR count). The highest BCUT2D eigenvalue weighted by molar-refractivity contribution is 6.42. The first kappa shape index (κ1) is 23.1. The van der Waals surface area contributed by atoms with E-state index in [1.165, 1.54) is 24.8 Å². The van der Waals surface area contributed by atoms with E-state index >= 15 is 0 Å². The van der Waals surface area contributed by atoms with Gasteiger partial charge in [0.15, 0.2) is 0 Å². The molecule has 30 heavy (non-hydrogen) atoms. The average Bonchev–Trinajstić information content (AvgIpc) is 2.79. The summed E-state index contributed by atoms with van der Waals surface area (Å²) in [4.78, 5) is 2.47. The standard InChI is InChI=1S/C26H32Cl2N2/c1-2-30(19-21-10-5-3-6-11-21)17-9-16-26(20-29,22-12-7-4-8-13-22)23-14-15-24(27)25(28)18-23/h3,5-6,10-11,14-15,18,22H,2,4,7-9,12-13,16-17,19H2,1H3. The van der Waals surface area contributed by atoms with Crippen molar-refractivity contribution >= 4 is 23.2 Å². The van der Waals surface area contributed by atoms with Crippen LogP contribution >= 0.6 is 23.2 Å². The van der Waals surface area contributed by atoms with Gasteiger partial charge in [-0.15, -0.1) is 0 Å². The van der Waals surface area contributed by atoms with Crippen molar-refractivity contribution in [2.45, 2.75) is 63.8 Å². The number of rotatable bonds is 9. The molecule has 0 N–H and O–H groups in total. The average molecular weight is 443 g/mol. The molecule has 2 aromatic rings. The second kappa shape index (κ2) is 11.2. The molecular weight excluding hydrogens is 411 g/mol. The lowest BCUT2D eigenvalue weighted by Crippen LogP contribution is -2.36. The fraction of sp³-hybridized carbons (Fsp3) is 0.500. The number of hydrogen-bond acceptors (Lipinski definition) is 2. The maximum atomic E-state index is 10.5. The van der Waals surface area contributed by atoms with E-state index in [1.807, 2.05) is 18.2 Å². The second-order valence-corrected chi connectivity index (χ2v) is 9.32. The molecule has 0 aromatic heterocycles. The van der Waals surface area contributed by atoms with Crippen molar-refractivity contribution in [2.24, 2.45) is 5.92 Å². The topological polar surface area (TPSA) is 27.0 Å². The molecule has 0 saturated heterocycles. The summed E-state index contributed by atoms with van der Waals surface area (Å²) in [6, 6.07) is 19.2. The fourth-order valence-electron chi connectivity index (χ4n) is 4.94. The van der Waals surface area contributed by atoms with Gasteiger partial charge in [0.2, 0.25) is 0 Å². The molecule has 1 aliphatic carbocycles. The van der Waals surface area contributed by atoms with Gasteiger partial charge in [0.1, 0.15) is 0 Å². The third kappa shape index (κ3) is 5.58. The Balaban J connectivity index is 1.76. The fourth-order valence-corrected chi connectivity index (χ4v) is 5.24. The summed E-state index contributed by atoms with van der Waals surface area (Å²) in [5, 5.41) is 11.6. The lowest BCUT2D eigenvalue weighted by atomic mass is 9.63. The molecule has 2 nitrogen and oxygen atoms in total. The predicted molar refractivity (Wildman–Crippen MR) is 127 cm³/mol. The van der Waals surface area contributed by atoms with Gasteiger partial charge in [0.05, 0.1) is 21.5 Å². The monoisotopic (exact) mass is 442 g/mol. The Morgan fingerprint density at radius 3 is 2.40 bits per heavy atom. The number of halogens is 2. The highest BCUT2D eigenvalue weighted by Gasteiger charge is 2.41. The summed E-state index contributed by atoms with van der Waals surface area (Å²) < 4.78 is 0. The molecule has 160 valence electrons. The molecule has 0 bridgehead atoms. The molecule has 2 aromatic carbocycles. The van der Waals surface area contributed by atoms with Crippen LogP contribution in [0.3, 0.4) is 0 Å². The van der Waals surface area contributed by atoms with Gasteiger partial charge in [-0.3, -0.25) is 4.90 Å². The van der Waals surface area contributed by atoms with Gasteiger partial charge in [0.25, 0.3) is 0 Å². The Morgan fingerprint density at radius 1 is 1.03 bits per heavy atom. The molecular formula is C26H32Cl2N2. The van der Waals surface area contributed by atoms with Crippen molar-refractivity contribution in [3.05, 3.63) is 69.7 Å². The minimum atomic E-state index is -0.485. The van der Waals surface area contributed by atoms with E-state index in [0.717, 1.165) is 50.9 Å². The molecule has 0 heterocycles. The van der Waals surface area contributed by atoms with Crippen molar-refractivity contribution in [1.29, 1.82) is 5.26 Å². The van der Waals surface area contributed by atoms with Crippen LogP contribution in [0.5, 0.6) is 0 Å². The van der Waals surface area contributed by atoms with Crippen LogP contribution in [0.1, 0.15) is 63.0 Å². The van der Waals surface area contributed by atoms with E-state index in [2.05, 4.69) is 48.2 Å². The van der Waals surface area contributed by atoms with Crippen molar-refractivity contribution in [1.82, 2.24) is 4.90 Å². The number of benzene rings is 2. The largest absolute Gasteiger partial charge is 0.299 e. The van der Waals surface area contributed by atoms with Crippen molar-refractivity contribution in [3.8, 4) is 6.07 Å². The minimum absolute atomic E-state index is 0.387. The molecule has 0 radical (unpaired) electrons. The summed E-state index contributed by atoms with van der Waals surface area (Å²) in [7, 11) is 0. The Morgan fingerprint density at radius 2 is 1.77 bits per heavy atom. The maximum absolute atomic E-state index is 10.5. The van der Waals surface area contributed by atoms with Gasteiger partial charge in [-0.25, -0.2) is 0 Å². The molecule has 1 unspecified atom stereocenters. The van der Waals surface area contributed by atoms with Gasteiger partial charge in [-0.05, 0) is 68.0 Å². The maximum Gasteiger partial charge on any atom is 0.0851 e. The van der Waals surface area contributed by atoms with Crippen molar-refractivity contribution < 1.29 is 0 Å². The van der Waals surface area contributed by atoms with Crippen LogP contribution in [-0.4, -0.2) is 18.0 Å². The number of hydrogen-bond donors (Lipinski definition) is 0. The zero-order valence-electron chi connectivity index (χ0n) is 17.9. The minimum Gasteiger partial charge on any atom is -0.299 e. The molecule has 1 saturated carbocycles. The van der Waals surface area contributed by atoms with Crippen LogP contribution < -0.4 is 0 Å². The smallest absolute Gasteiger partial charge is 0.0851 e. The van der Waals surface area contributed by atoms with Crippen molar-refractivity contribution in [3.63, 3.8) is 0 Å². The second-order valence-electron chi connectivity index (χ2n) is 8.50. The quantitative estimate of drug-likeness (QED) is 0.398. The van der Waals surface area contributed by atoms with E-state index in [1.54, 1.807) is 0 Å². The Labute approximate surface area is 191 Å². The molecule has 0 amide bonds. The lowest BCUT2D eigenvalue weighted by molar-refractivity contribution is 0.215. The number of nitrogens with zero attached hydrogens (tertiary/aromatic N) is 2. The van der Waals surface area contributed by atoms with E-state index in [4.69, 9.17) is 23.2 Å². The molecule has 0 aliphatic heterocycles. The third-order valence-electron chi connectivity index (χ3n) is 6.68. The van der Waals surface area contributed by atoms with Gasteiger partial charge in [-0.2, -0.15) is 5.26 Å². The summed E-state index contributed by atoms with van der Waals surface area (Å²) in [6.07, 6.45) is 7.79. The Kier molecular flexibility index (Phi) is 8.63. The van der Waals surface area contributed by atoms with Crippen LogP contribution in [-0.2, 0) is 12.0 Å². The van der Waals surface area contributed by atoms with Gasteiger partial charge >= 0.3 is 0 Å². The zero-order chi connectivity index (χ0) is 21.4. The van der Waals surface area contributed by atoms with Crippen LogP contribution in [0.2, 0.25) is 10.0 Å². The molecule has 0 spiro atoms. The van der Waals surface area contributed by atoms with Gasteiger partial charge < -0.3 is 0 Å². The normalized spacial score (nSPS) is 16.9. The first-order chi connectivity index (χ1) is 14.6. The first-order valence-corrected chi connectivity index (χ1v) is 12.0. The van der Waals surface area contributed by atoms with Crippen LogP contribution in [0.25, 0.3) is 0 Å². The van der Waals surface area contributed by atoms with E-state index in [9.17, 15) is 5.26 Å².